The maximum atomic E-state index is 13.3. The first-order valence-electron chi connectivity index (χ1n) is 10.4. The molecule has 1 saturated heterocycles. The molecule has 1 fully saturated rings. The zero-order valence-electron chi connectivity index (χ0n) is 16.4. The van der Waals surface area contributed by atoms with Crippen molar-refractivity contribution in [3.8, 4) is 0 Å². The summed E-state index contributed by atoms with van der Waals surface area (Å²) in [5.74, 6) is -0.337. The Bertz CT molecular complexity index is 1090. The molecule has 6 nitrogen and oxygen atoms in total. The molecule has 5 rings (SSSR count). The van der Waals surface area contributed by atoms with Gasteiger partial charge >= 0.3 is 5.76 Å². The minimum absolute atomic E-state index is 0.100. The molecule has 29 heavy (non-hydrogen) atoms. The van der Waals surface area contributed by atoms with Gasteiger partial charge in [-0.3, -0.25) is 9.78 Å². The van der Waals surface area contributed by atoms with Crippen LogP contribution in [0, 0.1) is 0 Å². The van der Waals surface area contributed by atoms with Crippen LogP contribution >= 0.6 is 0 Å². The SMILES string of the molecule is O=C(Cc1ccc2oc(=O)[nH]c2c1)N1CCc2ccccc2C1CN1CCCC1. The lowest BCUT2D eigenvalue weighted by Crippen LogP contribution is -2.45. The molecular weight excluding hydrogens is 366 g/mol. The third-order valence-corrected chi connectivity index (χ3v) is 6.20. The fourth-order valence-corrected chi connectivity index (χ4v) is 4.74. The Morgan fingerprint density at radius 2 is 1.93 bits per heavy atom. The fraction of sp³-hybridized carbons (Fsp3) is 0.391. The van der Waals surface area contributed by atoms with Gasteiger partial charge in [0, 0.05) is 13.1 Å². The number of rotatable bonds is 4. The molecule has 150 valence electrons. The summed E-state index contributed by atoms with van der Waals surface area (Å²) in [4.78, 5) is 31.9. The van der Waals surface area contributed by atoms with E-state index in [0.29, 0.717) is 17.5 Å². The summed E-state index contributed by atoms with van der Waals surface area (Å²) < 4.78 is 5.06. The summed E-state index contributed by atoms with van der Waals surface area (Å²) in [6, 6.07) is 14.1. The number of likely N-dealkylation sites (tertiary alicyclic amines) is 1. The zero-order valence-corrected chi connectivity index (χ0v) is 16.4. The second-order valence-electron chi connectivity index (χ2n) is 8.08. The monoisotopic (exact) mass is 391 g/mol. The van der Waals surface area contributed by atoms with Crippen LogP contribution in [0.3, 0.4) is 0 Å². The van der Waals surface area contributed by atoms with E-state index in [1.165, 1.54) is 24.0 Å². The number of amides is 1. The number of nitrogens with zero attached hydrogens (tertiary/aromatic N) is 2. The van der Waals surface area contributed by atoms with Gasteiger partial charge in [0.25, 0.3) is 0 Å². The number of hydrogen-bond donors (Lipinski definition) is 1. The smallest absolute Gasteiger partial charge is 0.408 e. The van der Waals surface area contributed by atoms with Crippen LogP contribution < -0.4 is 5.76 Å². The summed E-state index contributed by atoms with van der Waals surface area (Å²) in [5.41, 5.74) is 4.69. The number of oxazole rings is 1. The number of hydrogen-bond acceptors (Lipinski definition) is 4. The molecule has 0 saturated carbocycles. The Morgan fingerprint density at radius 1 is 1.10 bits per heavy atom. The Hall–Kier alpha value is -2.86. The average Bonchev–Trinajstić information content (AvgIpc) is 3.36. The predicted octanol–water partition coefficient (Wildman–Crippen LogP) is 2.89. The maximum absolute atomic E-state index is 13.3. The summed E-state index contributed by atoms with van der Waals surface area (Å²) in [5, 5.41) is 0. The van der Waals surface area contributed by atoms with E-state index in [2.05, 4.69) is 39.0 Å². The van der Waals surface area contributed by atoms with Crippen molar-refractivity contribution < 1.29 is 9.21 Å². The molecule has 0 radical (unpaired) electrons. The highest BCUT2D eigenvalue weighted by atomic mass is 16.4. The largest absolute Gasteiger partial charge is 0.417 e. The van der Waals surface area contributed by atoms with Gasteiger partial charge in [0.1, 0.15) is 0 Å². The lowest BCUT2D eigenvalue weighted by atomic mass is 9.91. The molecule has 0 spiro atoms. The first kappa shape index (κ1) is 18.2. The summed E-state index contributed by atoms with van der Waals surface area (Å²) in [6.45, 7) is 3.88. The van der Waals surface area contributed by atoms with Crippen LogP contribution in [-0.2, 0) is 17.6 Å². The van der Waals surface area contributed by atoms with Crippen molar-refractivity contribution in [2.75, 3.05) is 26.2 Å². The van der Waals surface area contributed by atoms with E-state index in [-0.39, 0.29) is 11.9 Å². The van der Waals surface area contributed by atoms with Crippen molar-refractivity contribution in [3.63, 3.8) is 0 Å². The van der Waals surface area contributed by atoms with Crippen molar-refractivity contribution in [2.45, 2.75) is 31.7 Å². The lowest BCUT2D eigenvalue weighted by Gasteiger charge is -2.39. The van der Waals surface area contributed by atoms with Gasteiger partial charge in [-0.25, -0.2) is 4.79 Å². The van der Waals surface area contributed by atoms with Crippen LogP contribution in [-0.4, -0.2) is 46.9 Å². The van der Waals surface area contributed by atoms with E-state index in [0.717, 1.165) is 38.2 Å². The third kappa shape index (κ3) is 3.60. The van der Waals surface area contributed by atoms with Gasteiger partial charge in [-0.05, 0) is 61.2 Å². The molecule has 1 N–H and O–H groups in total. The topological polar surface area (TPSA) is 69.5 Å². The molecule has 3 aromatic rings. The average molecular weight is 391 g/mol. The number of aromatic nitrogens is 1. The number of benzene rings is 2. The molecule has 1 amide bonds. The Kier molecular flexibility index (Phi) is 4.72. The van der Waals surface area contributed by atoms with Crippen molar-refractivity contribution in [3.05, 3.63) is 69.7 Å². The van der Waals surface area contributed by atoms with E-state index in [9.17, 15) is 9.59 Å². The minimum atomic E-state index is -0.471. The second-order valence-corrected chi connectivity index (χ2v) is 8.08. The van der Waals surface area contributed by atoms with Crippen molar-refractivity contribution in [2.24, 2.45) is 0 Å². The first-order chi connectivity index (χ1) is 14.2. The molecule has 0 aliphatic carbocycles. The van der Waals surface area contributed by atoms with E-state index in [4.69, 9.17) is 4.42 Å². The summed E-state index contributed by atoms with van der Waals surface area (Å²) in [7, 11) is 0. The Morgan fingerprint density at radius 3 is 2.79 bits per heavy atom. The van der Waals surface area contributed by atoms with Crippen LogP contribution in [0.25, 0.3) is 11.1 Å². The lowest BCUT2D eigenvalue weighted by molar-refractivity contribution is -0.133. The number of H-pyrrole nitrogens is 1. The second kappa shape index (κ2) is 7.52. The van der Waals surface area contributed by atoms with Gasteiger partial charge in [-0.2, -0.15) is 0 Å². The summed E-state index contributed by atoms with van der Waals surface area (Å²) >= 11 is 0. The molecule has 2 aliphatic heterocycles. The number of carbonyl (C=O) groups excluding carboxylic acids is 1. The van der Waals surface area contributed by atoms with Crippen molar-refractivity contribution >= 4 is 17.0 Å². The standard InChI is InChI=1S/C23H25N3O3/c27-22(14-16-7-8-21-19(13-16)24-23(28)29-21)26-12-9-17-5-1-2-6-18(17)20(26)15-25-10-3-4-11-25/h1-2,5-8,13,20H,3-4,9-12,14-15H2,(H,24,28). The van der Waals surface area contributed by atoms with Crippen LogP contribution in [0.5, 0.6) is 0 Å². The minimum Gasteiger partial charge on any atom is -0.408 e. The zero-order chi connectivity index (χ0) is 19.8. The van der Waals surface area contributed by atoms with E-state index in [1.807, 2.05) is 12.1 Å². The van der Waals surface area contributed by atoms with Crippen molar-refractivity contribution in [1.29, 1.82) is 0 Å². The van der Waals surface area contributed by atoms with Crippen LogP contribution in [0.15, 0.2) is 51.7 Å². The van der Waals surface area contributed by atoms with Crippen LogP contribution in [0.1, 0.15) is 35.6 Å². The number of fused-ring (bicyclic) bond motifs is 2. The van der Waals surface area contributed by atoms with E-state index in [1.54, 1.807) is 6.07 Å². The quantitative estimate of drug-likeness (QED) is 0.743. The molecule has 0 bridgehead atoms. The molecule has 1 aromatic heterocycles. The van der Waals surface area contributed by atoms with Gasteiger partial charge in [0.15, 0.2) is 5.58 Å². The molecule has 1 atom stereocenters. The normalized spacial score (nSPS) is 19.6. The van der Waals surface area contributed by atoms with Crippen LogP contribution in [0.2, 0.25) is 0 Å². The maximum Gasteiger partial charge on any atom is 0.417 e. The van der Waals surface area contributed by atoms with Gasteiger partial charge in [0.05, 0.1) is 18.0 Å². The van der Waals surface area contributed by atoms with Gasteiger partial charge in [-0.15, -0.1) is 0 Å². The molecule has 1 unspecified atom stereocenters. The number of nitrogens with one attached hydrogen (secondary N) is 1. The molecule has 6 heteroatoms. The van der Waals surface area contributed by atoms with Gasteiger partial charge in [-0.1, -0.05) is 30.3 Å². The van der Waals surface area contributed by atoms with Crippen molar-refractivity contribution in [1.82, 2.24) is 14.8 Å². The van der Waals surface area contributed by atoms with E-state index < -0.39 is 5.76 Å². The first-order valence-corrected chi connectivity index (χ1v) is 10.4. The molecule has 2 aliphatic rings. The molecule has 3 heterocycles. The van der Waals surface area contributed by atoms with Crippen LogP contribution in [0.4, 0.5) is 0 Å². The molecular formula is C23H25N3O3. The highest BCUT2D eigenvalue weighted by Gasteiger charge is 2.32. The number of aromatic amines is 1. The highest BCUT2D eigenvalue weighted by molar-refractivity contribution is 5.81. The van der Waals surface area contributed by atoms with E-state index >= 15 is 0 Å². The number of carbonyl (C=O) groups is 1. The Balaban J connectivity index is 1.40. The Labute approximate surface area is 169 Å². The van der Waals surface area contributed by atoms with Gasteiger partial charge in [0.2, 0.25) is 5.91 Å². The highest BCUT2D eigenvalue weighted by Crippen LogP contribution is 2.32. The molecule has 2 aromatic carbocycles. The predicted molar refractivity (Wildman–Crippen MR) is 111 cm³/mol. The summed E-state index contributed by atoms with van der Waals surface area (Å²) in [6.07, 6.45) is 3.70. The van der Waals surface area contributed by atoms with Gasteiger partial charge < -0.3 is 14.2 Å². The third-order valence-electron chi connectivity index (χ3n) is 6.20. The fourth-order valence-electron chi connectivity index (χ4n) is 4.74.